The Balaban J connectivity index is 1.90. The van der Waals surface area contributed by atoms with Gasteiger partial charge in [0.15, 0.2) is 5.96 Å². The topological polar surface area (TPSA) is 118 Å². The monoisotopic (exact) mass is 425 g/mol. The largest absolute Gasteiger partial charge is 0.496 e. The number of aryl methyl sites for hydroxylation is 1. The zero-order valence-corrected chi connectivity index (χ0v) is 18.3. The average molecular weight is 426 g/mol. The van der Waals surface area contributed by atoms with Gasteiger partial charge in [0.25, 0.3) is 5.91 Å². The summed E-state index contributed by atoms with van der Waals surface area (Å²) in [5, 5.41) is 9.04. The molecule has 8 nitrogen and oxygen atoms in total. The second-order valence-corrected chi connectivity index (χ2v) is 7.02. The van der Waals surface area contributed by atoms with Gasteiger partial charge >= 0.3 is 0 Å². The fraction of sp³-hybridized carbons (Fsp3) is 0.348. The maximum atomic E-state index is 11.9. The highest BCUT2D eigenvalue weighted by Gasteiger charge is 2.06. The first-order valence-corrected chi connectivity index (χ1v) is 10.2. The Bertz CT molecular complexity index is 910. The van der Waals surface area contributed by atoms with Crippen molar-refractivity contribution in [3.05, 3.63) is 64.7 Å². The highest BCUT2D eigenvalue weighted by Crippen LogP contribution is 2.19. The predicted octanol–water partition coefficient (Wildman–Crippen LogP) is 1.52. The minimum Gasteiger partial charge on any atom is -0.496 e. The van der Waals surface area contributed by atoms with Crippen molar-refractivity contribution in [1.82, 2.24) is 16.0 Å². The van der Waals surface area contributed by atoms with Crippen molar-refractivity contribution in [3.8, 4) is 5.75 Å². The van der Waals surface area contributed by atoms with E-state index >= 15 is 0 Å². The third-order valence-corrected chi connectivity index (χ3v) is 4.58. The summed E-state index contributed by atoms with van der Waals surface area (Å²) in [5.41, 5.74) is 8.77. The smallest absolute Gasteiger partial charge is 0.251 e. The number of carbonyl (C=O) groups excluding carboxylic acids is 2. The van der Waals surface area contributed by atoms with Gasteiger partial charge in [0.05, 0.1) is 20.2 Å². The van der Waals surface area contributed by atoms with E-state index in [9.17, 15) is 9.59 Å². The Morgan fingerprint density at radius 1 is 1.03 bits per heavy atom. The first-order chi connectivity index (χ1) is 14.9. The standard InChI is InChI=1S/C23H31N5O3/c1-4-25-23(26-12-11-17-6-5-16(2)20(13-17)31-3)28-14-18-7-9-19(10-8-18)22(30)27-15-21(24)29/h5-10,13H,4,11-12,14-15H2,1-3H3,(H2,24,29)(H,27,30)(H2,25,26,28). The minimum atomic E-state index is -0.579. The van der Waals surface area contributed by atoms with Crippen LogP contribution < -0.4 is 26.4 Å². The number of guanidine groups is 1. The molecule has 2 aromatic rings. The van der Waals surface area contributed by atoms with Crippen LogP contribution in [0.2, 0.25) is 0 Å². The highest BCUT2D eigenvalue weighted by molar-refractivity contribution is 5.96. The molecule has 2 aromatic carbocycles. The van der Waals surface area contributed by atoms with Crippen LogP contribution in [0.4, 0.5) is 0 Å². The third kappa shape index (κ3) is 8.00. The van der Waals surface area contributed by atoms with Gasteiger partial charge in [0, 0.05) is 18.7 Å². The molecule has 0 aromatic heterocycles. The molecule has 0 aliphatic carbocycles. The van der Waals surface area contributed by atoms with Crippen molar-refractivity contribution >= 4 is 17.8 Å². The molecule has 0 aliphatic rings. The molecule has 0 bridgehead atoms. The number of nitrogens with two attached hydrogens (primary N) is 1. The van der Waals surface area contributed by atoms with E-state index in [-0.39, 0.29) is 12.5 Å². The summed E-state index contributed by atoms with van der Waals surface area (Å²) in [5.74, 6) is 0.704. The molecule has 31 heavy (non-hydrogen) atoms. The Kier molecular flexibility index (Phi) is 9.35. The van der Waals surface area contributed by atoms with Crippen LogP contribution in [0, 0.1) is 6.92 Å². The summed E-state index contributed by atoms with van der Waals surface area (Å²) in [7, 11) is 1.68. The van der Waals surface area contributed by atoms with Crippen LogP contribution in [0.15, 0.2) is 47.5 Å². The molecular weight excluding hydrogens is 394 g/mol. The molecule has 0 unspecified atom stereocenters. The van der Waals surface area contributed by atoms with Gasteiger partial charge in [-0.05, 0) is 55.2 Å². The Labute approximate surface area is 183 Å². The van der Waals surface area contributed by atoms with Gasteiger partial charge in [0.1, 0.15) is 5.75 Å². The molecule has 0 saturated heterocycles. The number of hydrogen-bond acceptors (Lipinski definition) is 4. The number of aliphatic imine (C=N–C) groups is 1. The fourth-order valence-electron chi connectivity index (χ4n) is 2.89. The van der Waals surface area contributed by atoms with Gasteiger partial charge in [-0.3, -0.25) is 9.59 Å². The lowest BCUT2D eigenvalue weighted by Crippen LogP contribution is -2.38. The second-order valence-electron chi connectivity index (χ2n) is 7.02. The van der Waals surface area contributed by atoms with E-state index in [1.807, 2.05) is 26.0 Å². The summed E-state index contributed by atoms with van der Waals surface area (Å²) in [4.78, 5) is 27.3. The summed E-state index contributed by atoms with van der Waals surface area (Å²) < 4.78 is 5.38. The quantitative estimate of drug-likeness (QED) is 0.340. The first-order valence-electron chi connectivity index (χ1n) is 10.2. The number of carbonyl (C=O) groups is 2. The number of hydrogen-bond donors (Lipinski definition) is 4. The van der Waals surface area contributed by atoms with E-state index in [4.69, 9.17) is 10.5 Å². The number of amides is 2. The third-order valence-electron chi connectivity index (χ3n) is 4.58. The second kappa shape index (κ2) is 12.2. The van der Waals surface area contributed by atoms with Crippen molar-refractivity contribution in [2.75, 3.05) is 26.7 Å². The molecular formula is C23H31N5O3. The number of nitrogens with one attached hydrogen (secondary N) is 3. The van der Waals surface area contributed by atoms with Crippen LogP contribution in [-0.4, -0.2) is 44.5 Å². The van der Waals surface area contributed by atoms with Crippen LogP contribution in [0.25, 0.3) is 0 Å². The van der Waals surface area contributed by atoms with Gasteiger partial charge in [-0.1, -0.05) is 24.3 Å². The van der Waals surface area contributed by atoms with E-state index in [2.05, 4.69) is 39.1 Å². The van der Waals surface area contributed by atoms with Crippen molar-refractivity contribution in [1.29, 1.82) is 0 Å². The van der Waals surface area contributed by atoms with E-state index in [0.717, 1.165) is 42.3 Å². The Hall–Kier alpha value is -3.55. The maximum absolute atomic E-state index is 11.9. The molecule has 0 spiro atoms. The van der Waals surface area contributed by atoms with Gasteiger partial charge in [-0.25, -0.2) is 4.99 Å². The predicted molar refractivity (Wildman–Crippen MR) is 122 cm³/mol. The van der Waals surface area contributed by atoms with Gasteiger partial charge in [-0.2, -0.15) is 0 Å². The summed E-state index contributed by atoms with van der Waals surface area (Å²) >= 11 is 0. The molecule has 2 amide bonds. The number of primary amides is 1. The summed E-state index contributed by atoms with van der Waals surface area (Å²) in [6.45, 7) is 5.81. The Morgan fingerprint density at radius 3 is 2.39 bits per heavy atom. The van der Waals surface area contributed by atoms with Crippen LogP contribution >= 0.6 is 0 Å². The van der Waals surface area contributed by atoms with Gasteiger partial charge in [-0.15, -0.1) is 0 Å². The lowest BCUT2D eigenvalue weighted by atomic mass is 10.1. The molecule has 0 radical (unpaired) electrons. The number of methoxy groups -OCH3 is 1. The molecule has 5 N–H and O–H groups in total. The van der Waals surface area contributed by atoms with Crippen molar-refractivity contribution in [2.24, 2.45) is 10.7 Å². The maximum Gasteiger partial charge on any atom is 0.251 e. The normalized spacial score (nSPS) is 11.0. The molecule has 0 aliphatic heterocycles. The van der Waals surface area contributed by atoms with E-state index in [1.54, 1.807) is 19.2 Å². The van der Waals surface area contributed by atoms with Crippen molar-refractivity contribution in [3.63, 3.8) is 0 Å². The molecule has 0 atom stereocenters. The van der Waals surface area contributed by atoms with Crippen LogP contribution in [0.5, 0.6) is 5.75 Å². The zero-order chi connectivity index (χ0) is 22.6. The fourth-order valence-corrected chi connectivity index (χ4v) is 2.89. The molecule has 8 heteroatoms. The molecule has 0 saturated carbocycles. The highest BCUT2D eigenvalue weighted by atomic mass is 16.5. The molecule has 0 heterocycles. The zero-order valence-electron chi connectivity index (χ0n) is 18.3. The van der Waals surface area contributed by atoms with Gasteiger partial charge in [0.2, 0.25) is 5.91 Å². The van der Waals surface area contributed by atoms with Crippen molar-refractivity contribution in [2.45, 2.75) is 26.8 Å². The van der Waals surface area contributed by atoms with Crippen molar-refractivity contribution < 1.29 is 14.3 Å². The Morgan fingerprint density at radius 2 is 1.74 bits per heavy atom. The number of nitrogens with zero attached hydrogens (tertiary/aromatic N) is 1. The van der Waals surface area contributed by atoms with E-state index < -0.39 is 5.91 Å². The number of benzene rings is 2. The van der Waals surface area contributed by atoms with E-state index in [1.165, 1.54) is 5.56 Å². The lowest BCUT2D eigenvalue weighted by Gasteiger charge is -2.12. The summed E-state index contributed by atoms with van der Waals surface area (Å²) in [6.07, 6.45) is 0.843. The van der Waals surface area contributed by atoms with Gasteiger partial charge < -0.3 is 26.4 Å². The van der Waals surface area contributed by atoms with E-state index in [0.29, 0.717) is 12.1 Å². The minimum absolute atomic E-state index is 0.183. The average Bonchev–Trinajstić information content (AvgIpc) is 2.77. The number of ether oxygens (including phenoxy) is 1. The number of rotatable bonds is 10. The molecule has 2 rings (SSSR count). The lowest BCUT2D eigenvalue weighted by molar-refractivity contribution is -0.117. The van der Waals surface area contributed by atoms with Crippen LogP contribution in [0.1, 0.15) is 34.0 Å². The SMILES string of the molecule is CCNC(=NCc1ccc(C(=O)NCC(N)=O)cc1)NCCc1ccc(C)c(OC)c1. The summed E-state index contributed by atoms with van der Waals surface area (Å²) in [6, 6.07) is 13.3. The first kappa shape index (κ1) is 23.7. The van der Waals surface area contributed by atoms with Crippen LogP contribution in [-0.2, 0) is 17.8 Å². The molecule has 166 valence electrons. The van der Waals surface area contributed by atoms with Crippen LogP contribution in [0.3, 0.4) is 0 Å². The molecule has 0 fully saturated rings.